The van der Waals surface area contributed by atoms with Crippen LogP contribution >= 0.6 is 17.0 Å². The Morgan fingerprint density at radius 2 is 1.30 bits per heavy atom. The van der Waals surface area contributed by atoms with Crippen molar-refractivity contribution >= 4 is 28.7 Å². The minimum atomic E-state index is -2.65. The van der Waals surface area contributed by atoms with Gasteiger partial charge in [-0.25, -0.2) is 0 Å². The van der Waals surface area contributed by atoms with Gasteiger partial charge in [0, 0.05) is 0 Å². The molecule has 33 heavy (non-hydrogen) atoms. The number of benzene rings is 3. The molecule has 0 N–H and O–H groups in total. The Bertz CT molecular complexity index is 1150. The van der Waals surface area contributed by atoms with Crippen molar-refractivity contribution in [3.8, 4) is 11.1 Å². The average Bonchev–Trinajstić information content (AvgIpc) is 3.18. The molecule has 0 spiro atoms. The van der Waals surface area contributed by atoms with Crippen LogP contribution in [0.5, 0.6) is 0 Å². The second kappa shape index (κ2) is 10.2. The van der Waals surface area contributed by atoms with Gasteiger partial charge in [-0.3, -0.25) is 0 Å². The van der Waals surface area contributed by atoms with Crippen molar-refractivity contribution in [2.24, 2.45) is 0 Å². The monoisotopic (exact) mass is 553 g/mol. The Morgan fingerprint density at radius 3 is 1.82 bits per heavy atom. The van der Waals surface area contributed by atoms with Gasteiger partial charge in [0.2, 0.25) is 0 Å². The van der Waals surface area contributed by atoms with E-state index in [1.807, 2.05) is 0 Å². The number of fused-ring (bicyclic) bond motifs is 1. The third-order valence-corrected chi connectivity index (χ3v) is 12.0. The Labute approximate surface area is 214 Å². The first-order valence-electron chi connectivity index (χ1n) is 12.0. The number of hydrogen-bond acceptors (Lipinski definition) is 0. The van der Waals surface area contributed by atoms with Crippen LogP contribution in [0.3, 0.4) is 0 Å². The molecule has 0 saturated carbocycles. The van der Waals surface area contributed by atoms with Crippen molar-refractivity contribution in [2.75, 3.05) is 0 Å². The van der Waals surface area contributed by atoms with E-state index < -0.39 is 19.4 Å². The Balaban J connectivity index is 2.03. The summed E-state index contributed by atoms with van der Waals surface area (Å²) in [6.45, 7) is 13.7. The molecule has 1 aliphatic carbocycles. The maximum absolute atomic E-state index is 6.81. The Morgan fingerprint density at radius 1 is 0.697 bits per heavy atom. The molecule has 0 amide bonds. The van der Waals surface area contributed by atoms with Gasteiger partial charge in [-0.1, -0.05) is 0 Å². The molecule has 0 nitrogen and oxygen atoms in total. The van der Waals surface area contributed by atoms with Crippen LogP contribution in [0.4, 0.5) is 0 Å². The average molecular weight is 556 g/mol. The zero-order valence-corrected chi connectivity index (χ0v) is 24.4. The van der Waals surface area contributed by atoms with Gasteiger partial charge < -0.3 is 0 Å². The van der Waals surface area contributed by atoms with E-state index in [4.69, 9.17) is 17.0 Å². The molecule has 171 valence electrons. The first-order valence-corrected chi connectivity index (χ1v) is 19.7. The van der Waals surface area contributed by atoms with Crippen LogP contribution < -0.4 is 0 Å². The van der Waals surface area contributed by atoms with Crippen LogP contribution in [-0.2, 0) is 19.4 Å². The summed E-state index contributed by atoms with van der Waals surface area (Å²) in [5.41, 5.74) is 12.0. The van der Waals surface area contributed by atoms with E-state index in [9.17, 15) is 0 Å². The Hall–Kier alpha value is -1.14. The molecule has 1 unspecified atom stereocenters. The van der Waals surface area contributed by atoms with Crippen LogP contribution in [0.2, 0.25) is 0 Å². The van der Waals surface area contributed by atoms with E-state index in [0.717, 1.165) is 0 Å². The number of hydrogen-bond donors (Lipinski definition) is 0. The molecule has 0 aliphatic heterocycles. The standard InChI is InChI=1S/C30H33.2ClH.Zr/c1-19(2)24-15-25(20(3)4)17-27(16-24)30-28(21(5)6)13-12-23-14-26(18-29(23)30)22-10-8-7-9-11-22;;;/h7-21H,1-6H3;2*1H;/q;;;+2/p-2. The summed E-state index contributed by atoms with van der Waals surface area (Å²) in [5, 5.41) is 0. The molecule has 0 aromatic heterocycles. The van der Waals surface area contributed by atoms with Crippen LogP contribution in [0, 0.1) is 0 Å². The van der Waals surface area contributed by atoms with Gasteiger partial charge in [0.05, 0.1) is 0 Å². The van der Waals surface area contributed by atoms with Gasteiger partial charge in [0.25, 0.3) is 0 Å². The van der Waals surface area contributed by atoms with E-state index in [2.05, 4.69) is 108 Å². The fraction of sp³-hybridized carbons (Fsp3) is 0.333. The third kappa shape index (κ3) is 4.98. The van der Waals surface area contributed by atoms with Crippen LogP contribution in [0.15, 0.2) is 60.7 Å². The first kappa shape index (κ1) is 25.0. The molecule has 3 heteroatoms. The van der Waals surface area contributed by atoms with Crippen molar-refractivity contribution < 1.29 is 19.4 Å². The predicted molar refractivity (Wildman–Crippen MR) is 143 cm³/mol. The molecule has 4 rings (SSSR count). The molecule has 1 aliphatic rings. The summed E-state index contributed by atoms with van der Waals surface area (Å²) < 4.78 is 0.158. The first-order chi connectivity index (χ1) is 15.7. The van der Waals surface area contributed by atoms with Crippen molar-refractivity contribution in [1.82, 2.24) is 0 Å². The molecule has 0 heterocycles. The Kier molecular flexibility index (Phi) is 7.74. The SMILES string of the molecule is CC(C)c1cc(-c2c(C(C)C)ccc3c2C=C(c2ccccc2)[CH]3[Zr]([Cl])[Cl])cc(C(C)C)c1. The molecule has 0 radical (unpaired) electrons. The summed E-state index contributed by atoms with van der Waals surface area (Å²) >= 11 is -2.65. The second-order valence-electron chi connectivity index (χ2n) is 10.1. The molecular formula is C30H33Cl2Zr. The molecule has 3 aromatic rings. The van der Waals surface area contributed by atoms with Crippen LogP contribution in [0.25, 0.3) is 22.8 Å². The number of allylic oxidation sites excluding steroid dienone is 1. The van der Waals surface area contributed by atoms with Gasteiger partial charge in [-0.15, -0.1) is 0 Å². The molecule has 0 fully saturated rings. The molecule has 1 atom stereocenters. The van der Waals surface area contributed by atoms with E-state index in [0.29, 0.717) is 17.8 Å². The summed E-state index contributed by atoms with van der Waals surface area (Å²) in [6, 6.07) is 22.5. The quantitative estimate of drug-likeness (QED) is 0.284. The van der Waals surface area contributed by atoms with Crippen molar-refractivity contribution in [1.29, 1.82) is 0 Å². The maximum atomic E-state index is 6.81. The summed E-state index contributed by atoms with van der Waals surface area (Å²) in [6.07, 6.45) is 2.39. The van der Waals surface area contributed by atoms with E-state index >= 15 is 0 Å². The van der Waals surface area contributed by atoms with Gasteiger partial charge in [0.1, 0.15) is 0 Å². The summed E-state index contributed by atoms with van der Waals surface area (Å²) in [4.78, 5) is 0. The molecular weight excluding hydrogens is 522 g/mol. The van der Waals surface area contributed by atoms with Gasteiger partial charge in [-0.2, -0.15) is 0 Å². The normalized spacial score (nSPS) is 15.4. The van der Waals surface area contributed by atoms with Crippen molar-refractivity contribution in [3.05, 3.63) is 94.0 Å². The minimum absolute atomic E-state index is 0.158. The molecule has 3 aromatic carbocycles. The number of rotatable bonds is 6. The van der Waals surface area contributed by atoms with Crippen molar-refractivity contribution in [3.63, 3.8) is 0 Å². The summed E-state index contributed by atoms with van der Waals surface area (Å²) in [5.74, 6) is 1.39. The van der Waals surface area contributed by atoms with Gasteiger partial charge >= 0.3 is 216 Å². The van der Waals surface area contributed by atoms with Crippen LogP contribution in [-0.4, -0.2) is 0 Å². The fourth-order valence-electron chi connectivity index (χ4n) is 4.87. The summed E-state index contributed by atoms with van der Waals surface area (Å²) in [7, 11) is 13.6. The third-order valence-electron chi connectivity index (χ3n) is 6.78. The van der Waals surface area contributed by atoms with Crippen LogP contribution in [0.1, 0.15) is 96.3 Å². The number of halogens is 2. The second-order valence-corrected chi connectivity index (χ2v) is 18.9. The molecule has 0 bridgehead atoms. The van der Waals surface area contributed by atoms with Crippen molar-refractivity contribution in [2.45, 2.75) is 62.9 Å². The van der Waals surface area contributed by atoms with E-state index in [-0.39, 0.29) is 3.63 Å². The predicted octanol–water partition coefficient (Wildman–Crippen LogP) is 10.2. The molecule has 0 saturated heterocycles. The zero-order chi connectivity index (χ0) is 23.9. The fourth-order valence-corrected chi connectivity index (χ4v) is 10.0. The van der Waals surface area contributed by atoms with E-state index in [1.165, 1.54) is 50.1 Å². The van der Waals surface area contributed by atoms with E-state index in [1.54, 1.807) is 0 Å². The topological polar surface area (TPSA) is 0 Å². The van der Waals surface area contributed by atoms with Gasteiger partial charge in [0.15, 0.2) is 0 Å². The van der Waals surface area contributed by atoms with Gasteiger partial charge in [-0.05, 0) is 0 Å². The zero-order valence-electron chi connectivity index (χ0n) is 20.4.